The zero-order valence-electron chi connectivity index (χ0n) is 10.4. The molecule has 0 spiro atoms. The molecule has 21 heavy (non-hydrogen) atoms. The molecule has 0 aliphatic heterocycles. The van der Waals surface area contributed by atoms with Crippen molar-refractivity contribution in [3.8, 4) is 0 Å². The maximum absolute atomic E-state index is 11.7. The van der Waals surface area contributed by atoms with E-state index in [9.17, 15) is 13.2 Å². The minimum absolute atomic E-state index is 0.0771. The van der Waals surface area contributed by atoms with Crippen LogP contribution in [0, 0.1) is 0 Å². The fraction of sp³-hybridized carbons (Fsp3) is 0. The second kappa shape index (κ2) is 6.30. The molecule has 1 aromatic heterocycles. The predicted molar refractivity (Wildman–Crippen MR) is 81.4 cm³/mol. The molecule has 2 aromatic rings. The summed E-state index contributed by atoms with van der Waals surface area (Å²) in [6.07, 6.45) is 3.07. The van der Waals surface area contributed by atoms with Gasteiger partial charge in [0.05, 0.1) is 5.02 Å². The number of nitrogens with one attached hydrogen (secondary N) is 2. The quantitative estimate of drug-likeness (QED) is 0.835. The molecule has 9 heteroatoms. The van der Waals surface area contributed by atoms with E-state index >= 15 is 0 Å². The van der Waals surface area contributed by atoms with Crippen molar-refractivity contribution in [1.29, 1.82) is 0 Å². The van der Waals surface area contributed by atoms with Crippen molar-refractivity contribution >= 4 is 48.7 Å². The maximum Gasteiger partial charge on any atom is 0.323 e. The standard InChI is InChI=1S/C12H9Cl2N3O3S/c13-10-7-9(1-2-11(10)21(14,19)20)17-12(18)16-8-3-5-15-6-4-8/h1-7H,(H2,15,16,17,18). The van der Waals surface area contributed by atoms with Crippen LogP contribution in [0.1, 0.15) is 0 Å². The third-order valence-corrected chi connectivity index (χ3v) is 4.20. The summed E-state index contributed by atoms with van der Waals surface area (Å²) >= 11 is 5.81. The highest BCUT2D eigenvalue weighted by molar-refractivity contribution is 8.13. The molecule has 0 fully saturated rings. The zero-order chi connectivity index (χ0) is 15.5. The predicted octanol–water partition coefficient (Wildman–Crippen LogP) is 3.31. The van der Waals surface area contributed by atoms with Gasteiger partial charge in [-0.2, -0.15) is 0 Å². The number of hydrogen-bond acceptors (Lipinski definition) is 4. The van der Waals surface area contributed by atoms with Crippen LogP contribution < -0.4 is 10.6 Å². The van der Waals surface area contributed by atoms with Crippen LogP contribution in [0.5, 0.6) is 0 Å². The van der Waals surface area contributed by atoms with Crippen LogP contribution in [0.4, 0.5) is 16.2 Å². The number of hydrogen-bond donors (Lipinski definition) is 2. The van der Waals surface area contributed by atoms with Gasteiger partial charge in [0.1, 0.15) is 4.90 Å². The van der Waals surface area contributed by atoms with Crippen molar-refractivity contribution in [3.63, 3.8) is 0 Å². The summed E-state index contributed by atoms with van der Waals surface area (Å²) < 4.78 is 22.4. The normalized spacial score (nSPS) is 11.0. The van der Waals surface area contributed by atoms with Crippen LogP contribution >= 0.6 is 22.3 Å². The summed E-state index contributed by atoms with van der Waals surface area (Å²) in [6.45, 7) is 0. The highest BCUT2D eigenvalue weighted by Crippen LogP contribution is 2.27. The van der Waals surface area contributed by atoms with E-state index in [4.69, 9.17) is 22.3 Å². The van der Waals surface area contributed by atoms with Crippen LogP contribution in [0.2, 0.25) is 5.02 Å². The fourth-order valence-electron chi connectivity index (χ4n) is 1.51. The first-order valence-corrected chi connectivity index (χ1v) is 8.27. The first kappa shape index (κ1) is 15.6. The summed E-state index contributed by atoms with van der Waals surface area (Å²) in [6, 6.07) is 6.63. The average Bonchev–Trinajstić information content (AvgIpc) is 2.38. The van der Waals surface area contributed by atoms with Gasteiger partial charge in [-0.3, -0.25) is 4.98 Å². The Bertz CT molecular complexity index is 767. The summed E-state index contributed by atoms with van der Waals surface area (Å²) in [5, 5.41) is 5.02. The molecule has 0 aliphatic rings. The SMILES string of the molecule is O=C(Nc1ccncc1)Nc1ccc(S(=O)(=O)Cl)c(Cl)c1. The first-order valence-electron chi connectivity index (χ1n) is 5.58. The summed E-state index contributed by atoms with van der Waals surface area (Å²) in [7, 11) is 1.29. The average molecular weight is 346 g/mol. The molecule has 0 radical (unpaired) electrons. The second-order valence-corrected chi connectivity index (χ2v) is 6.84. The number of amides is 2. The Labute approximate surface area is 130 Å². The number of pyridine rings is 1. The molecule has 0 saturated carbocycles. The molecular formula is C12H9Cl2N3O3S. The van der Waals surface area contributed by atoms with E-state index in [1.54, 1.807) is 12.1 Å². The topological polar surface area (TPSA) is 88.2 Å². The third kappa shape index (κ3) is 4.32. The van der Waals surface area contributed by atoms with Gasteiger partial charge in [0, 0.05) is 34.5 Å². The molecule has 2 amide bonds. The van der Waals surface area contributed by atoms with Gasteiger partial charge >= 0.3 is 6.03 Å². The lowest BCUT2D eigenvalue weighted by Crippen LogP contribution is -2.19. The van der Waals surface area contributed by atoms with Crippen molar-refractivity contribution in [3.05, 3.63) is 47.7 Å². The lowest BCUT2D eigenvalue weighted by atomic mass is 10.3. The van der Waals surface area contributed by atoms with Crippen molar-refractivity contribution < 1.29 is 13.2 Å². The number of carbonyl (C=O) groups is 1. The molecule has 0 unspecified atom stereocenters. The van der Waals surface area contributed by atoms with E-state index in [1.807, 2.05) is 0 Å². The van der Waals surface area contributed by atoms with E-state index in [-0.39, 0.29) is 9.92 Å². The Balaban J connectivity index is 2.10. The van der Waals surface area contributed by atoms with Gasteiger partial charge in [0.15, 0.2) is 0 Å². The smallest absolute Gasteiger partial charge is 0.308 e. The molecule has 2 N–H and O–H groups in total. The summed E-state index contributed by atoms with van der Waals surface area (Å²) in [4.78, 5) is 15.4. The molecule has 110 valence electrons. The highest BCUT2D eigenvalue weighted by Gasteiger charge is 2.15. The van der Waals surface area contributed by atoms with Crippen molar-refractivity contribution in [2.45, 2.75) is 4.90 Å². The fourth-order valence-corrected chi connectivity index (χ4v) is 3.03. The van der Waals surface area contributed by atoms with Crippen molar-refractivity contribution in [1.82, 2.24) is 4.98 Å². The maximum atomic E-state index is 11.7. The van der Waals surface area contributed by atoms with Crippen LogP contribution in [-0.2, 0) is 9.05 Å². The summed E-state index contributed by atoms with van der Waals surface area (Å²) in [5.41, 5.74) is 0.893. The third-order valence-electron chi connectivity index (χ3n) is 2.39. The molecule has 0 saturated heterocycles. The Morgan fingerprint density at radius 3 is 2.24 bits per heavy atom. The molecule has 1 heterocycles. The number of urea groups is 1. The molecule has 0 atom stereocenters. The number of nitrogens with zero attached hydrogens (tertiary/aromatic N) is 1. The zero-order valence-corrected chi connectivity index (χ0v) is 12.7. The van der Waals surface area contributed by atoms with E-state index in [2.05, 4.69) is 15.6 Å². The molecule has 0 aliphatic carbocycles. The monoisotopic (exact) mass is 345 g/mol. The second-order valence-electron chi connectivity index (χ2n) is 3.90. The van der Waals surface area contributed by atoms with Gasteiger partial charge < -0.3 is 10.6 Å². The molecule has 2 rings (SSSR count). The van der Waals surface area contributed by atoms with E-state index in [0.717, 1.165) is 0 Å². The number of rotatable bonds is 3. The molecule has 6 nitrogen and oxygen atoms in total. The number of aromatic nitrogens is 1. The summed E-state index contributed by atoms with van der Waals surface area (Å²) in [5.74, 6) is 0. The lowest BCUT2D eigenvalue weighted by molar-refractivity contribution is 0.262. The number of halogens is 2. The van der Waals surface area contributed by atoms with Gasteiger partial charge in [-0.25, -0.2) is 13.2 Å². The number of benzene rings is 1. The van der Waals surface area contributed by atoms with Gasteiger partial charge in [-0.05, 0) is 30.3 Å². The Kier molecular flexibility index (Phi) is 4.66. The number of anilines is 2. The van der Waals surface area contributed by atoms with E-state index in [0.29, 0.717) is 11.4 Å². The molecular weight excluding hydrogens is 337 g/mol. The van der Waals surface area contributed by atoms with Gasteiger partial charge in [-0.1, -0.05) is 11.6 Å². The lowest BCUT2D eigenvalue weighted by Gasteiger charge is -2.08. The Hall–Kier alpha value is -1.83. The number of carbonyl (C=O) groups excluding carboxylic acids is 1. The van der Waals surface area contributed by atoms with Crippen LogP contribution in [0.25, 0.3) is 0 Å². The van der Waals surface area contributed by atoms with Crippen molar-refractivity contribution in [2.24, 2.45) is 0 Å². The Morgan fingerprint density at radius 2 is 1.67 bits per heavy atom. The van der Waals surface area contributed by atoms with Gasteiger partial charge in [0.25, 0.3) is 9.05 Å². The molecule has 1 aromatic carbocycles. The van der Waals surface area contributed by atoms with Crippen LogP contribution in [-0.4, -0.2) is 19.4 Å². The Morgan fingerprint density at radius 1 is 1.05 bits per heavy atom. The van der Waals surface area contributed by atoms with Gasteiger partial charge in [0.2, 0.25) is 0 Å². The molecule has 0 bridgehead atoms. The largest absolute Gasteiger partial charge is 0.323 e. The minimum atomic E-state index is -3.92. The van der Waals surface area contributed by atoms with Crippen LogP contribution in [0.15, 0.2) is 47.6 Å². The minimum Gasteiger partial charge on any atom is -0.308 e. The highest BCUT2D eigenvalue weighted by atomic mass is 35.7. The van der Waals surface area contributed by atoms with E-state index in [1.165, 1.54) is 30.6 Å². The van der Waals surface area contributed by atoms with Crippen LogP contribution in [0.3, 0.4) is 0 Å². The van der Waals surface area contributed by atoms with Gasteiger partial charge in [-0.15, -0.1) is 0 Å². The van der Waals surface area contributed by atoms with E-state index < -0.39 is 15.1 Å². The first-order chi connectivity index (χ1) is 9.86. The van der Waals surface area contributed by atoms with Crippen molar-refractivity contribution in [2.75, 3.05) is 10.6 Å².